The van der Waals surface area contributed by atoms with E-state index in [0.29, 0.717) is 11.3 Å². The van der Waals surface area contributed by atoms with Crippen molar-refractivity contribution in [3.05, 3.63) is 46.8 Å². The monoisotopic (exact) mass is 286 g/mol. The van der Waals surface area contributed by atoms with Crippen LogP contribution in [0.5, 0.6) is 5.75 Å². The van der Waals surface area contributed by atoms with Crippen LogP contribution in [0.3, 0.4) is 0 Å². The molecule has 0 atom stereocenters. The van der Waals surface area contributed by atoms with Crippen LogP contribution in [-0.4, -0.2) is 26.6 Å². The summed E-state index contributed by atoms with van der Waals surface area (Å²) in [6.07, 6.45) is 3.53. The predicted molar refractivity (Wildman–Crippen MR) is 79.5 cm³/mol. The van der Waals surface area contributed by atoms with Gasteiger partial charge in [-0.1, -0.05) is 0 Å². The van der Waals surface area contributed by atoms with E-state index in [-0.39, 0.29) is 0 Å². The standard InChI is InChI=1S/C14H14N4OS/c1-9-6-16-10(7-15-9)8-18-13-5-11(19-2)3-4-12(13)17-14(18)20/h3-7H,8H2,1-2H3,(H,17,20). The van der Waals surface area contributed by atoms with E-state index in [1.165, 1.54) is 0 Å². The Morgan fingerprint density at radius 3 is 2.85 bits per heavy atom. The SMILES string of the molecule is COc1ccc2[nH]c(=S)n(Cc3cnc(C)cn3)c2c1. The highest BCUT2D eigenvalue weighted by Gasteiger charge is 2.07. The predicted octanol–water partition coefficient (Wildman–Crippen LogP) is 2.85. The third-order valence-corrected chi connectivity index (χ3v) is 3.46. The van der Waals surface area contributed by atoms with Crippen molar-refractivity contribution in [3.8, 4) is 5.75 Å². The van der Waals surface area contributed by atoms with Crippen molar-refractivity contribution in [2.75, 3.05) is 7.11 Å². The molecule has 0 radical (unpaired) electrons. The molecule has 3 aromatic rings. The van der Waals surface area contributed by atoms with Crippen molar-refractivity contribution in [2.45, 2.75) is 13.5 Å². The summed E-state index contributed by atoms with van der Waals surface area (Å²) in [5, 5.41) is 0. The molecule has 0 bridgehead atoms. The summed E-state index contributed by atoms with van der Waals surface area (Å²) in [5.74, 6) is 0.801. The Hall–Kier alpha value is -2.21. The van der Waals surface area contributed by atoms with Crippen LogP contribution in [0.25, 0.3) is 11.0 Å². The number of aromatic nitrogens is 4. The van der Waals surface area contributed by atoms with E-state index >= 15 is 0 Å². The van der Waals surface area contributed by atoms with Gasteiger partial charge in [0, 0.05) is 12.3 Å². The number of aryl methyl sites for hydroxylation is 1. The lowest BCUT2D eigenvalue weighted by molar-refractivity contribution is 0.415. The fourth-order valence-electron chi connectivity index (χ4n) is 2.08. The first-order chi connectivity index (χ1) is 9.67. The number of ether oxygens (including phenoxy) is 1. The highest BCUT2D eigenvalue weighted by atomic mass is 32.1. The third-order valence-electron chi connectivity index (χ3n) is 3.14. The van der Waals surface area contributed by atoms with E-state index in [2.05, 4.69) is 15.0 Å². The van der Waals surface area contributed by atoms with Crippen LogP contribution in [0.1, 0.15) is 11.4 Å². The normalized spacial score (nSPS) is 10.9. The number of rotatable bonds is 3. The van der Waals surface area contributed by atoms with E-state index in [0.717, 1.165) is 28.2 Å². The quantitative estimate of drug-likeness (QED) is 0.752. The van der Waals surface area contributed by atoms with Crippen LogP contribution in [0.15, 0.2) is 30.6 Å². The first kappa shape index (κ1) is 12.8. The molecular weight excluding hydrogens is 272 g/mol. The molecular formula is C14H14N4OS. The largest absolute Gasteiger partial charge is 0.497 e. The minimum atomic E-state index is 0.583. The van der Waals surface area contributed by atoms with Crippen molar-refractivity contribution in [3.63, 3.8) is 0 Å². The first-order valence-electron chi connectivity index (χ1n) is 6.21. The third kappa shape index (κ3) is 2.30. The van der Waals surface area contributed by atoms with Gasteiger partial charge < -0.3 is 14.3 Å². The van der Waals surface area contributed by atoms with Gasteiger partial charge in [0.25, 0.3) is 0 Å². The molecule has 0 aliphatic heterocycles. The molecule has 6 heteroatoms. The van der Waals surface area contributed by atoms with Crippen molar-refractivity contribution < 1.29 is 4.74 Å². The van der Waals surface area contributed by atoms with E-state index in [1.807, 2.05) is 29.7 Å². The molecule has 0 fully saturated rings. The molecule has 1 N–H and O–H groups in total. The minimum Gasteiger partial charge on any atom is -0.497 e. The van der Waals surface area contributed by atoms with Gasteiger partial charge >= 0.3 is 0 Å². The fraction of sp³-hybridized carbons (Fsp3) is 0.214. The van der Waals surface area contributed by atoms with Gasteiger partial charge in [0.05, 0.1) is 42.3 Å². The maximum Gasteiger partial charge on any atom is 0.178 e. The van der Waals surface area contributed by atoms with E-state index < -0.39 is 0 Å². The minimum absolute atomic E-state index is 0.583. The van der Waals surface area contributed by atoms with Gasteiger partial charge in [-0.15, -0.1) is 0 Å². The summed E-state index contributed by atoms with van der Waals surface area (Å²) in [6, 6.07) is 5.83. The van der Waals surface area contributed by atoms with E-state index in [9.17, 15) is 0 Å². The number of hydrogen-bond donors (Lipinski definition) is 1. The van der Waals surface area contributed by atoms with Gasteiger partial charge in [-0.25, -0.2) is 0 Å². The van der Waals surface area contributed by atoms with E-state index in [1.54, 1.807) is 19.5 Å². The Kier molecular flexibility index (Phi) is 3.23. The van der Waals surface area contributed by atoms with Crippen LogP contribution >= 0.6 is 12.2 Å². The molecule has 0 saturated carbocycles. The molecule has 0 aliphatic rings. The lowest BCUT2D eigenvalue weighted by atomic mass is 10.3. The Bertz CT molecular complexity index is 804. The van der Waals surface area contributed by atoms with Gasteiger partial charge in [-0.05, 0) is 31.3 Å². The summed E-state index contributed by atoms with van der Waals surface area (Å²) in [5.41, 5.74) is 3.75. The Morgan fingerprint density at radius 1 is 1.30 bits per heavy atom. The second-order valence-electron chi connectivity index (χ2n) is 4.55. The number of fused-ring (bicyclic) bond motifs is 1. The maximum absolute atomic E-state index is 5.38. The second kappa shape index (κ2) is 5.05. The molecule has 5 nitrogen and oxygen atoms in total. The maximum atomic E-state index is 5.38. The number of nitrogens with one attached hydrogen (secondary N) is 1. The molecule has 102 valence electrons. The van der Waals surface area contributed by atoms with Crippen LogP contribution in [0.2, 0.25) is 0 Å². The number of hydrogen-bond acceptors (Lipinski definition) is 4. The second-order valence-corrected chi connectivity index (χ2v) is 4.94. The Morgan fingerprint density at radius 2 is 2.15 bits per heavy atom. The smallest absolute Gasteiger partial charge is 0.178 e. The lowest BCUT2D eigenvalue weighted by Gasteiger charge is -2.05. The molecule has 2 aromatic heterocycles. The van der Waals surface area contributed by atoms with E-state index in [4.69, 9.17) is 17.0 Å². The number of aromatic amines is 1. The zero-order chi connectivity index (χ0) is 14.1. The van der Waals surface area contributed by atoms with Crippen LogP contribution < -0.4 is 4.74 Å². The summed E-state index contributed by atoms with van der Waals surface area (Å²) < 4.78 is 7.92. The van der Waals surface area contributed by atoms with Gasteiger partial charge in [0.1, 0.15) is 5.75 Å². The summed E-state index contributed by atoms with van der Waals surface area (Å²) in [7, 11) is 1.65. The molecule has 20 heavy (non-hydrogen) atoms. The fourth-order valence-corrected chi connectivity index (χ4v) is 2.35. The average molecular weight is 286 g/mol. The van der Waals surface area contributed by atoms with Crippen molar-refractivity contribution in [2.24, 2.45) is 0 Å². The Balaban J connectivity index is 2.08. The molecule has 3 rings (SSSR count). The molecule has 1 aromatic carbocycles. The molecule has 0 aliphatic carbocycles. The Labute approximate surface area is 121 Å². The summed E-state index contributed by atoms with van der Waals surface area (Å²) in [6.45, 7) is 2.50. The highest BCUT2D eigenvalue weighted by Crippen LogP contribution is 2.21. The highest BCUT2D eigenvalue weighted by molar-refractivity contribution is 7.71. The zero-order valence-corrected chi connectivity index (χ0v) is 12.1. The van der Waals surface area contributed by atoms with Gasteiger partial charge in [-0.2, -0.15) is 0 Å². The number of methoxy groups -OCH3 is 1. The number of benzene rings is 1. The van der Waals surface area contributed by atoms with Crippen LogP contribution in [0.4, 0.5) is 0 Å². The number of nitrogens with zero attached hydrogens (tertiary/aromatic N) is 3. The van der Waals surface area contributed by atoms with Crippen LogP contribution in [0, 0.1) is 11.7 Å². The molecule has 0 unspecified atom stereocenters. The molecule has 0 saturated heterocycles. The first-order valence-corrected chi connectivity index (χ1v) is 6.62. The topological polar surface area (TPSA) is 55.7 Å². The van der Waals surface area contributed by atoms with Crippen LogP contribution in [-0.2, 0) is 6.54 Å². The molecule has 0 spiro atoms. The molecule has 2 heterocycles. The lowest BCUT2D eigenvalue weighted by Crippen LogP contribution is -2.03. The van der Waals surface area contributed by atoms with Gasteiger partial charge in [0.15, 0.2) is 4.77 Å². The van der Waals surface area contributed by atoms with Crippen molar-refractivity contribution >= 4 is 23.3 Å². The van der Waals surface area contributed by atoms with Crippen molar-refractivity contribution in [1.29, 1.82) is 0 Å². The number of H-pyrrole nitrogens is 1. The van der Waals surface area contributed by atoms with Crippen molar-refractivity contribution in [1.82, 2.24) is 19.5 Å². The van der Waals surface area contributed by atoms with Gasteiger partial charge in [0.2, 0.25) is 0 Å². The average Bonchev–Trinajstić information content (AvgIpc) is 2.77. The summed E-state index contributed by atoms with van der Waals surface area (Å²) in [4.78, 5) is 11.8. The summed E-state index contributed by atoms with van der Waals surface area (Å²) >= 11 is 5.38. The molecule has 0 amide bonds. The van der Waals surface area contributed by atoms with Gasteiger partial charge in [-0.3, -0.25) is 9.97 Å². The number of imidazole rings is 1. The zero-order valence-electron chi connectivity index (χ0n) is 11.3.